The summed E-state index contributed by atoms with van der Waals surface area (Å²) in [6.07, 6.45) is 5.75. The Hall–Kier alpha value is -1.81. The lowest BCUT2D eigenvalue weighted by Crippen LogP contribution is -2.29. The predicted octanol–water partition coefficient (Wildman–Crippen LogP) is 5.51. The molecule has 1 aliphatic rings. The minimum Gasteiger partial charge on any atom is -0.496 e. The fraction of sp³-hybridized carbons (Fsp3) is 0.350. The second-order valence-electron chi connectivity index (χ2n) is 6.19. The van der Waals surface area contributed by atoms with Crippen LogP contribution >= 0.6 is 15.9 Å². The van der Waals surface area contributed by atoms with Crippen molar-refractivity contribution in [2.75, 3.05) is 25.1 Å². The highest BCUT2D eigenvalue weighted by atomic mass is 79.9. The van der Waals surface area contributed by atoms with Crippen LogP contribution < -0.4 is 9.64 Å². The van der Waals surface area contributed by atoms with Crippen LogP contribution in [0.25, 0.3) is 0 Å². The third-order valence-corrected chi connectivity index (χ3v) is 5.02. The van der Waals surface area contributed by atoms with Gasteiger partial charge in [0, 0.05) is 41.1 Å². The lowest BCUT2D eigenvalue weighted by Gasteiger charge is -2.29. The molecule has 0 radical (unpaired) electrons. The molecule has 0 atom stereocenters. The van der Waals surface area contributed by atoms with Gasteiger partial charge in [-0.25, -0.2) is 0 Å². The number of benzene rings is 2. The van der Waals surface area contributed by atoms with Crippen molar-refractivity contribution in [3.63, 3.8) is 0 Å². The first-order valence-corrected chi connectivity index (χ1v) is 9.20. The van der Waals surface area contributed by atoms with E-state index < -0.39 is 0 Å². The van der Waals surface area contributed by atoms with Gasteiger partial charge in [-0.2, -0.15) is 0 Å². The number of rotatable bonds is 4. The molecule has 1 heterocycles. The van der Waals surface area contributed by atoms with E-state index >= 15 is 0 Å². The Morgan fingerprint density at radius 1 is 1.08 bits per heavy atom. The molecule has 0 unspecified atom stereocenters. The average Bonchev–Trinajstić information content (AvgIpc) is 2.61. The molecule has 126 valence electrons. The van der Waals surface area contributed by atoms with E-state index in [0.29, 0.717) is 0 Å². The van der Waals surface area contributed by atoms with Crippen LogP contribution in [0.15, 0.2) is 45.9 Å². The predicted molar refractivity (Wildman–Crippen MR) is 105 cm³/mol. The molecule has 2 aromatic carbocycles. The number of halogens is 1. The number of ether oxygens (including phenoxy) is 1. The molecule has 1 saturated heterocycles. The summed E-state index contributed by atoms with van der Waals surface area (Å²) in [5.41, 5.74) is 4.36. The van der Waals surface area contributed by atoms with Gasteiger partial charge in [0.15, 0.2) is 0 Å². The van der Waals surface area contributed by atoms with Crippen molar-refractivity contribution in [3.05, 3.63) is 52.0 Å². The number of methoxy groups -OCH3 is 1. The number of piperidine rings is 1. The lowest BCUT2D eigenvalue weighted by molar-refractivity contribution is 0.414. The Balaban J connectivity index is 1.83. The average molecular weight is 387 g/mol. The van der Waals surface area contributed by atoms with Crippen molar-refractivity contribution in [2.24, 2.45) is 4.99 Å². The Labute approximate surface area is 152 Å². The molecule has 1 fully saturated rings. The lowest BCUT2D eigenvalue weighted by atomic mass is 10.1. The van der Waals surface area contributed by atoms with E-state index in [1.165, 1.54) is 30.5 Å². The number of anilines is 1. The Morgan fingerprint density at radius 2 is 1.88 bits per heavy atom. The van der Waals surface area contributed by atoms with Crippen molar-refractivity contribution in [1.29, 1.82) is 0 Å². The van der Waals surface area contributed by atoms with E-state index in [4.69, 9.17) is 4.74 Å². The van der Waals surface area contributed by atoms with Gasteiger partial charge in [0.25, 0.3) is 0 Å². The van der Waals surface area contributed by atoms with Crippen LogP contribution in [0.5, 0.6) is 5.75 Å². The van der Waals surface area contributed by atoms with E-state index in [1.807, 2.05) is 12.3 Å². The van der Waals surface area contributed by atoms with Crippen LogP contribution in [0, 0.1) is 6.92 Å². The van der Waals surface area contributed by atoms with Crippen LogP contribution in [0.3, 0.4) is 0 Å². The van der Waals surface area contributed by atoms with Crippen LogP contribution in [0.2, 0.25) is 0 Å². The molecule has 3 nitrogen and oxygen atoms in total. The Kier molecular flexibility index (Phi) is 5.56. The van der Waals surface area contributed by atoms with Gasteiger partial charge in [0.2, 0.25) is 0 Å². The van der Waals surface area contributed by atoms with Gasteiger partial charge >= 0.3 is 0 Å². The SMILES string of the molecule is COc1cc(N2CCCCC2)ccc1C=Nc1ccc(C)cc1Br. The van der Waals surface area contributed by atoms with Crippen molar-refractivity contribution >= 4 is 33.5 Å². The van der Waals surface area contributed by atoms with Crippen molar-refractivity contribution in [1.82, 2.24) is 0 Å². The summed E-state index contributed by atoms with van der Waals surface area (Å²) in [4.78, 5) is 7.04. The molecule has 0 amide bonds. The molecular weight excluding hydrogens is 364 g/mol. The van der Waals surface area contributed by atoms with E-state index in [1.54, 1.807) is 7.11 Å². The number of hydrogen-bond donors (Lipinski definition) is 0. The molecular formula is C20H23BrN2O. The molecule has 0 aromatic heterocycles. The smallest absolute Gasteiger partial charge is 0.129 e. The zero-order chi connectivity index (χ0) is 16.9. The largest absolute Gasteiger partial charge is 0.496 e. The molecule has 4 heteroatoms. The molecule has 3 rings (SSSR count). The zero-order valence-electron chi connectivity index (χ0n) is 14.3. The minimum atomic E-state index is 0.866. The molecule has 1 aliphatic heterocycles. The van der Waals surface area contributed by atoms with Crippen molar-refractivity contribution < 1.29 is 4.74 Å². The number of hydrogen-bond acceptors (Lipinski definition) is 3. The molecule has 2 aromatic rings. The maximum atomic E-state index is 5.58. The first-order valence-electron chi connectivity index (χ1n) is 8.40. The van der Waals surface area contributed by atoms with Gasteiger partial charge in [-0.3, -0.25) is 4.99 Å². The minimum absolute atomic E-state index is 0.866. The fourth-order valence-corrected chi connectivity index (χ4v) is 3.61. The summed E-state index contributed by atoms with van der Waals surface area (Å²) >= 11 is 3.57. The molecule has 0 aliphatic carbocycles. The summed E-state index contributed by atoms with van der Waals surface area (Å²) in [6.45, 7) is 4.33. The first-order chi connectivity index (χ1) is 11.7. The molecule has 0 spiro atoms. The van der Waals surface area contributed by atoms with E-state index in [9.17, 15) is 0 Å². The molecule has 24 heavy (non-hydrogen) atoms. The Morgan fingerprint density at radius 3 is 2.58 bits per heavy atom. The van der Waals surface area contributed by atoms with Gasteiger partial charge in [-0.15, -0.1) is 0 Å². The van der Waals surface area contributed by atoms with Crippen LogP contribution in [-0.4, -0.2) is 26.4 Å². The number of aliphatic imine (C=N–C) groups is 1. The van der Waals surface area contributed by atoms with Gasteiger partial charge in [-0.05, 0) is 71.9 Å². The number of aryl methyl sites for hydroxylation is 1. The third kappa shape index (κ3) is 3.99. The van der Waals surface area contributed by atoms with Crippen molar-refractivity contribution in [2.45, 2.75) is 26.2 Å². The molecule has 0 N–H and O–H groups in total. The summed E-state index contributed by atoms with van der Waals surface area (Å²) in [5, 5.41) is 0. The van der Waals surface area contributed by atoms with Gasteiger partial charge < -0.3 is 9.64 Å². The highest BCUT2D eigenvalue weighted by molar-refractivity contribution is 9.10. The molecule has 0 saturated carbocycles. The van der Waals surface area contributed by atoms with Crippen LogP contribution in [0.1, 0.15) is 30.4 Å². The van der Waals surface area contributed by atoms with Gasteiger partial charge in [0.1, 0.15) is 5.75 Å². The maximum absolute atomic E-state index is 5.58. The van der Waals surface area contributed by atoms with Gasteiger partial charge in [0.05, 0.1) is 12.8 Å². The maximum Gasteiger partial charge on any atom is 0.129 e. The van der Waals surface area contributed by atoms with Crippen molar-refractivity contribution in [3.8, 4) is 5.75 Å². The second kappa shape index (κ2) is 7.84. The fourth-order valence-electron chi connectivity index (χ4n) is 3.01. The summed E-state index contributed by atoms with van der Waals surface area (Å²) < 4.78 is 6.59. The van der Waals surface area contributed by atoms with E-state index in [2.05, 4.69) is 63.1 Å². The highest BCUT2D eigenvalue weighted by Crippen LogP contribution is 2.29. The highest BCUT2D eigenvalue weighted by Gasteiger charge is 2.12. The van der Waals surface area contributed by atoms with Gasteiger partial charge in [-0.1, -0.05) is 6.07 Å². The summed E-state index contributed by atoms with van der Waals surface area (Å²) in [7, 11) is 1.72. The topological polar surface area (TPSA) is 24.8 Å². The first kappa shape index (κ1) is 17.0. The third-order valence-electron chi connectivity index (χ3n) is 4.38. The summed E-state index contributed by atoms with van der Waals surface area (Å²) in [6, 6.07) is 12.5. The second-order valence-corrected chi connectivity index (χ2v) is 7.04. The normalized spacial score (nSPS) is 15.0. The zero-order valence-corrected chi connectivity index (χ0v) is 15.8. The monoisotopic (exact) mass is 386 g/mol. The van der Waals surface area contributed by atoms with Crippen LogP contribution in [0.4, 0.5) is 11.4 Å². The Bertz CT molecular complexity index is 736. The van der Waals surface area contributed by atoms with Crippen LogP contribution in [-0.2, 0) is 0 Å². The summed E-state index contributed by atoms with van der Waals surface area (Å²) in [5.74, 6) is 0.866. The van der Waals surface area contributed by atoms with E-state index in [0.717, 1.165) is 34.6 Å². The quantitative estimate of drug-likeness (QED) is 0.647. The molecule has 0 bridgehead atoms. The van der Waals surface area contributed by atoms with E-state index in [-0.39, 0.29) is 0 Å². The standard InChI is InChI=1S/C20H23BrN2O/c1-15-6-9-19(18(21)12-15)22-14-16-7-8-17(13-20(16)24-2)23-10-4-3-5-11-23/h6-9,12-14H,3-5,10-11H2,1-2H3. The number of nitrogens with zero attached hydrogens (tertiary/aromatic N) is 2.